The van der Waals surface area contributed by atoms with Crippen molar-refractivity contribution >= 4 is 17.7 Å². The molecule has 0 aromatic heterocycles. The second-order valence-corrected chi connectivity index (χ2v) is 9.67. The third kappa shape index (κ3) is 18.7. The maximum atomic E-state index is 9.00. The van der Waals surface area contributed by atoms with E-state index in [9.17, 15) is 0 Å². The van der Waals surface area contributed by atoms with Crippen LogP contribution < -0.4 is 0 Å². The molecule has 2 rings (SSSR count). The van der Waals surface area contributed by atoms with Crippen molar-refractivity contribution in [3.63, 3.8) is 0 Å². The van der Waals surface area contributed by atoms with Crippen molar-refractivity contribution in [2.75, 3.05) is 0 Å². The summed E-state index contributed by atoms with van der Waals surface area (Å²) in [6, 6.07) is 0. The van der Waals surface area contributed by atoms with Crippen molar-refractivity contribution in [3.05, 3.63) is 81.2 Å². The molecule has 1 N–H and O–H groups in total. The number of allylic oxidation sites excluding steroid dienone is 11. The largest absolute Gasteiger partial charge is 0.481 e. The van der Waals surface area contributed by atoms with Crippen LogP contribution in [0.5, 0.6) is 0 Å². The van der Waals surface area contributed by atoms with Crippen molar-refractivity contribution in [2.24, 2.45) is 0 Å². The fraction of sp³-hybridized carbons (Fsp3) is 0.483. The van der Waals surface area contributed by atoms with Crippen LogP contribution in [0.2, 0.25) is 0 Å². The van der Waals surface area contributed by atoms with Gasteiger partial charge in [0.25, 0.3) is 5.97 Å². The summed E-state index contributed by atoms with van der Waals surface area (Å²) in [5, 5.41) is 7.42. The highest BCUT2D eigenvalue weighted by atomic mass is 32.2. The summed E-state index contributed by atoms with van der Waals surface area (Å²) in [4.78, 5) is 11.6. The highest BCUT2D eigenvalue weighted by Crippen LogP contribution is 2.34. The van der Waals surface area contributed by atoms with Crippen molar-refractivity contribution < 1.29 is 9.90 Å². The lowest BCUT2D eigenvalue weighted by Crippen LogP contribution is -1.88. The Hall–Kier alpha value is -2.00. The van der Waals surface area contributed by atoms with Gasteiger partial charge in [-0.3, -0.25) is 4.79 Å². The van der Waals surface area contributed by atoms with Gasteiger partial charge in [-0.15, -0.1) is 0 Å². The third-order valence-corrected chi connectivity index (χ3v) is 5.57. The van der Waals surface area contributed by atoms with Crippen LogP contribution in [0.4, 0.5) is 0 Å². The van der Waals surface area contributed by atoms with E-state index >= 15 is 0 Å². The molecule has 32 heavy (non-hydrogen) atoms. The molecule has 2 aliphatic carbocycles. The summed E-state index contributed by atoms with van der Waals surface area (Å²) < 4.78 is 0. The first-order valence-electron chi connectivity index (χ1n) is 11.5. The molecule has 2 aliphatic rings. The minimum Gasteiger partial charge on any atom is -0.481 e. The van der Waals surface area contributed by atoms with Crippen molar-refractivity contribution in [3.8, 4) is 0 Å². The molecular weight excluding hydrogens is 412 g/mol. The van der Waals surface area contributed by atoms with E-state index in [0.717, 1.165) is 19.8 Å². The first kappa shape index (κ1) is 32.2. The number of hydrogen-bond donors (Lipinski definition) is 1. The van der Waals surface area contributed by atoms with Gasteiger partial charge < -0.3 is 5.11 Å². The lowest BCUT2D eigenvalue weighted by molar-refractivity contribution is -0.134. The normalized spacial score (nSPS) is 15.1. The van der Waals surface area contributed by atoms with Crippen LogP contribution in [-0.2, 0) is 4.79 Å². The van der Waals surface area contributed by atoms with Gasteiger partial charge >= 0.3 is 0 Å². The van der Waals surface area contributed by atoms with Gasteiger partial charge in [-0.05, 0) is 82.8 Å². The van der Waals surface area contributed by atoms with Gasteiger partial charge in [-0.25, -0.2) is 0 Å². The maximum absolute atomic E-state index is 9.00. The van der Waals surface area contributed by atoms with Crippen LogP contribution >= 0.6 is 11.8 Å². The van der Waals surface area contributed by atoms with Gasteiger partial charge in [0, 0.05) is 11.8 Å². The number of hydrogen-bond acceptors (Lipinski definition) is 2. The Labute approximate surface area is 202 Å². The first-order valence-corrected chi connectivity index (χ1v) is 12.4. The highest BCUT2D eigenvalue weighted by Gasteiger charge is 2.09. The topological polar surface area (TPSA) is 37.3 Å². The standard InChI is InChI=1S/C13H18S.C11H16.C3H8.C2H4O2/c1-10(2)11(3)14-12(4)13-8-6-5-7-9-13;1-9(2)7-8-11-6-4-5-10(11)3;1-3-2;1-2(3)4/h5-6,8H,4,7,9H2,1-3H3;7-8H,3-6H2,1-2H3;3H2,1-2H3;1H3,(H,3,4)/b;11-8-;;. The van der Waals surface area contributed by atoms with Gasteiger partial charge in [0.2, 0.25) is 0 Å². The van der Waals surface area contributed by atoms with Crippen LogP contribution in [0.1, 0.15) is 93.9 Å². The Morgan fingerprint density at radius 2 is 1.66 bits per heavy atom. The van der Waals surface area contributed by atoms with Gasteiger partial charge in [-0.2, -0.15) is 0 Å². The van der Waals surface area contributed by atoms with E-state index in [1.165, 1.54) is 63.4 Å². The van der Waals surface area contributed by atoms with Gasteiger partial charge in [0.15, 0.2) is 0 Å². The summed E-state index contributed by atoms with van der Waals surface area (Å²) in [6.45, 7) is 24.2. The highest BCUT2D eigenvalue weighted by molar-refractivity contribution is 8.06. The predicted octanol–water partition coefficient (Wildman–Crippen LogP) is 9.95. The first-order chi connectivity index (χ1) is 15.0. The predicted molar refractivity (Wildman–Crippen MR) is 147 cm³/mol. The second-order valence-electron chi connectivity index (χ2n) is 8.36. The molecule has 0 spiro atoms. The zero-order valence-electron chi connectivity index (χ0n) is 21.8. The molecule has 0 radical (unpaired) electrons. The van der Waals surface area contributed by atoms with Gasteiger partial charge in [-0.1, -0.05) is 92.3 Å². The molecule has 0 bridgehead atoms. The minimum absolute atomic E-state index is 0.833. The lowest BCUT2D eigenvalue weighted by atomic mass is 10.1. The number of carboxylic acid groups (broad SMARTS) is 1. The summed E-state index contributed by atoms with van der Waals surface area (Å²) in [7, 11) is 0. The minimum atomic E-state index is -0.833. The zero-order chi connectivity index (χ0) is 25.1. The van der Waals surface area contributed by atoms with Crippen LogP contribution in [0.15, 0.2) is 81.2 Å². The molecule has 0 atom stereocenters. The van der Waals surface area contributed by atoms with Crippen LogP contribution in [0.3, 0.4) is 0 Å². The van der Waals surface area contributed by atoms with E-state index in [4.69, 9.17) is 9.90 Å². The number of thioether (sulfide) groups is 1. The molecule has 1 saturated carbocycles. The zero-order valence-corrected chi connectivity index (χ0v) is 22.6. The molecule has 0 amide bonds. The molecule has 0 saturated heterocycles. The SMILES string of the molecule is C=C(SC(C)=C(C)C)C1=CC=CCC1.C=C1CCC/C1=C/C=C(C)C.CC(=O)O.CCC. The van der Waals surface area contributed by atoms with Crippen molar-refractivity contribution in [1.29, 1.82) is 0 Å². The molecule has 0 aliphatic heterocycles. The monoisotopic (exact) mass is 458 g/mol. The molecule has 0 heterocycles. The smallest absolute Gasteiger partial charge is 0.300 e. The molecule has 3 heteroatoms. The Morgan fingerprint density at radius 3 is 2.03 bits per heavy atom. The quantitative estimate of drug-likeness (QED) is 0.455. The molecule has 1 fully saturated rings. The molecule has 2 nitrogen and oxygen atoms in total. The fourth-order valence-corrected chi connectivity index (χ4v) is 3.36. The van der Waals surface area contributed by atoms with Crippen LogP contribution in [0.25, 0.3) is 0 Å². The van der Waals surface area contributed by atoms with E-state index in [-0.39, 0.29) is 0 Å². The second kappa shape index (κ2) is 19.7. The van der Waals surface area contributed by atoms with E-state index in [1.807, 2.05) is 0 Å². The van der Waals surface area contributed by atoms with Crippen LogP contribution in [0, 0.1) is 0 Å². The van der Waals surface area contributed by atoms with Crippen LogP contribution in [-0.4, -0.2) is 11.1 Å². The lowest BCUT2D eigenvalue weighted by Gasteiger charge is -2.12. The Morgan fingerprint density at radius 1 is 1.09 bits per heavy atom. The number of rotatable bonds is 4. The summed E-state index contributed by atoms with van der Waals surface area (Å²) in [6.07, 6.45) is 18.1. The molecular formula is C29H46O2S. The Bertz CT molecular complexity index is 746. The molecule has 0 aromatic rings. The maximum Gasteiger partial charge on any atom is 0.300 e. The summed E-state index contributed by atoms with van der Waals surface area (Å²) in [5.41, 5.74) is 6.91. The van der Waals surface area contributed by atoms with Gasteiger partial charge in [0.05, 0.1) is 0 Å². The van der Waals surface area contributed by atoms with Crippen molar-refractivity contribution in [1.82, 2.24) is 0 Å². The average molecular weight is 459 g/mol. The molecule has 180 valence electrons. The Balaban J connectivity index is 0. The molecule has 0 unspecified atom stereocenters. The Kier molecular flexibility index (Phi) is 19.8. The number of carbonyl (C=O) groups is 1. The fourth-order valence-electron chi connectivity index (χ4n) is 2.49. The molecule has 0 aromatic carbocycles. The third-order valence-electron chi connectivity index (χ3n) is 4.35. The number of aliphatic carboxylic acids is 1. The van der Waals surface area contributed by atoms with E-state index < -0.39 is 5.97 Å². The van der Waals surface area contributed by atoms with Crippen molar-refractivity contribution in [2.45, 2.75) is 93.9 Å². The van der Waals surface area contributed by atoms with E-state index in [1.54, 1.807) is 11.8 Å². The average Bonchev–Trinajstić information content (AvgIpc) is 3.12. The number of carboxylic acids is 1. The summed E-state index contributed by atoms with van der Waals surface area (Å²) >= 11 is 1.80. The van der Waals surface area contributed by atoms with Gasteiger partial charge in [0.1, 0.15) is 0 Å². The summed E-state index contributed by atoms with van der Waals surface area (Å²) in [5.74, 6) is -0.833. The van der Waals surface area contributed by atoms with E-state index in [0.29, 0.717) is 0 Å². The van der Waals surface area contributed by atoms with E-state index in [2.05, 4.69) is 92.0 Å².